The number of benzene rings is 1. The number of carbonyl (C=O) groups excluding carboxylic acids is 1. The Morgan fingerprint density at radius 3 is 2.75 bits per heavy atom. The zero-order chi connectivity index (χ0) is 28.0. The molecule has 1 fully saturated rings. The zero-order valence-electron chi connectivity index (χ0n) is 23.1. The summed E-state index contributed by atoms with van der Waals surface area (Å²) in [4.78, 5) is 17.1. The van der Waals surface area contributed by atoms with Crippen LogP contribution in [0, 0.1) is 17.2 Å². The summed E-state index contributed by atoms with van der Waals surface area (Å²) < 4.78 is 84.9. The number of aromatic nitrogens is 2. The van der Waals surface area contributed by atoms with Crippen LogP contribution in [0.4, 0.5) is 8.78 Å². The van der Waals surface area contributed by atoms with Crippen LogP contribution < -0.4 is 9.47 Å². The van der Waals surface area contributed by atoms with Gasteiger partial charge >= 0.3 is 6.61 Å². The van der Waals surface area contributed by atoms with E-state index in [0.29, 0.717) is 11.3 Å². The van der Waals surface area contributed by atoms with Crippen LogP contribution in [0.5, 0.6) is 11.5 Å². The summed E-state index contributed by atoms with van der Waals surface area (Å²) in [6.07, 6.45) is 4.64. The molecule has 0 N–H and O–H groups in total. The lowest BCUT2D eigenvalue weighted by Crippen LogP contribution is -2.14. The van der Waals surface area contributed by atoms with Crippen LogP contribution in [0.3, 0.4) is 0 Å². The summed E-state index contributed by atoms with van der Waals surface area (Å²) in [6.45, 7) is -9.57. The first-order valence-corrected chi connectivity index (χ1v) is 9.82. The van der Waals surface area contributed by atoms with Gasteiger partial charge in [0.25, 0.3) is 0 Å². The molecule has 3 aromatic rings. The second kappa shape index (κ2) is 8.23. The standard InChI is InChI=1S/C24H23F2N3O3/c1-24(2,13-27)16-6-7-29-17(12-28-21(29)11-16)15-9-19(31-3)22(18(30)8-14-4-5-14)20(10-15)32-23(25)26/h6-7,9-12,14,23H,4-5,8H2,1-3H3/i1D3,2D3. The number of hydrogen-bond donors (Lipinski definition) is 0. The third-order valence-electron chi connectivity index (χ3n) is 5.36. The topological polar surface area (TPSA) is 76.6 Å². The van der Waals surface area contributed by atoms with Crippen molar-refractivity contribution in [2.75, 3.05) is 7.11 Å². The normalized spacial score (nSPS) is 17.5. The fourth-order valence-corrected chi connectivity index (χ4v) is 3.54. The Balaban J connectivity index is 1.86. The molecule has 1 saturated carbocycles. The van der Waals surface area contributed by atoms with E-state index in [1.54, 1.807) is 0 Å². The van der Waals surface area contributed by atoms with Crippen molar-refractivity contribution < 1.29 is 31.3 Å². The van der Waals surface area contributed by atoms with Crippen LogP contribution in [0.25, 0.3) is 16.9 Å². The molecule has 166 valence electrons. The Labute approximate surface area is 192 Å². The minimum absolute atomic E-state index is 0.0312. The fraction of sp³-hybridized carbons (Fsp3) is 0.375. The van der Waals surface area contributed by atoms with Crippen molar-refractivity contribution in [2.24, 2.45) is 5.92 Å². The summed E-state index contributed by atoms with van der Waals surface area (Å²) in [6, 6.07) is 6.61. The number of methoxy groups -OCH3 is 1. The first-order valence-electron chi connectivity index (χ1n) is 12.8. The van der Waals surface area contributed by atoms with Crippen molar-refractivity contribution in [3.8, 4) is 28.8 Å². The lowest BCUT2D eigenvalue weighted by Gasteiger charge is -2.17. The zero-order valence-corrected chi connectivity index (χ0v) is 17.1. The number of nitriles is 1. The Kier molecular flexibility index (Phi) is 3.95. The molecule has 32 heavy (non-hydrogen) atoms. The van der Waals surface area contributed by atoms with Crippen molar-refractivity contribution in [3.63, 3.8) is 0 Å². The van der Waals surface area contributed by atoms with Crippen LogP contribution >= 0.6 is 0 Å². The number of fused-ring (bicyclic) bond motifs is 1. The Morgan fingerprint density at radius 1 is 1.38 bits per heavy atom. The average molecular weight is 445 g/mol. The molecule has 8 heteroatoms. The van der Waals surface area contributed by atoms with Gasteiger partial charge in [-0.3, -0.25) is 9.20 Å². The monoisotopic (exact) mass is 445 g/mol. The van der Waals surface area contributed by atoms with Crippen molar-refractivity contribution in [2.45, 2.75) is 45.0 Å². The second-order valence-electron chi connectivity index (χ2n) is 7.65. The Hall–Kier alpha value is -3.47. The molecule has 0 atom stereocenters. The highest BCUT2D eigenvalue weighted by Crippen LogP contribution is 2.40. The van der Waals surface area contributed by atoms with E-state index in [1.165, 1.54) is 54.2 Å². The summed E-state index contributed by atoms with van der Waals surface area (Å²) in [5.74, 6) is -0.510. The fourth-order valence-electron chi connectivity index (χ4n) is 3.54. The van der Waals surface area contributed by atoms with Crippen molar-refractivity contribution in [3.05, 3.63) is 47.8 Å². The van der Waals surface area contributed by atoms with Gasteiger partial charge in [-0.15, -0.1) is 0 Å². The molecular formula is C24H23F2N3O3. The molecule has 4 rings (SSSR count). The summed E-state index contributed by atoms with van der Waals surface area (Å²) in [5.41, 5.74) is -2.44. The number of nitrogens with zero attached hydrogens (tertiary/aromatic N) is 3. The SMILES string of the molecule is [2H]C([2H])([2H])C(C#N)(c1ccn2c(-c3cc(OC)c(C(=O)CC4CC4)c(OC(F)F)c3)cnc2c1)C([2H])([2H])[2H]. The molecule has 0 spiro atoms. The van der Waals surface area contributed by atoms with Crippen LogP contribution in [0.1, 0.15) is 57.1 Å². The third-order valence-corrected chi connectivity index (χ3v) is 5.36. The van der Waals surface area contributed by atoms with E-state index in [1.807, 2.05) is 0 Å². The van der Waals surface area contributed by atoms with Crippen LogP contribution in [0.15, 0.2) is 36.7 Å². The quantitative estimate of drug-likeness (QED) is 0.434. The summed E-state index contributed by atoms with van der Waals surface area (Å²) in [5, 5.41) is 9.73. The highest BCUT2D eigenvalue weighted by molar-refractivity contribution is 6.02. The van der Waals surface area contributed by atoms with Gasteiger partial charge in [0.2, 0.25) is 0 Å². The average Bonchev–Trinajstić information content (AvgIpc) is 3.52. The van der Waals surface area contributed by atoms with Gasteiger partial charge in [-0.1, -0.05) is 0 Å². The predicted octanol–water partition coefficient (Wildman–Crippen LogP) is 5.40. The number of pyridine rings is 1. The molecule has 2 aromatic heterocycles. The molecule has 2 heterocycles. The van der Waals surface area contributed by atoms with E-state index in [-0.39, 0.29) is 46.4 Å². The lowest BCUT2D eigenvalue weighted by atomic mass is 9.87. The first-order chi connectivity index (χ1) is 17.7. The highest BCUT2D eigenvalue weighted by Gasteiger charge is 2.30. The molecule has 1 aromatic carbocycles. The Bertz CT molecular complexity index is 1410. The molecular weight excluding hydrogens is 416 g/mol. The third kappa shape index (κ3) is 4.15. The molecule has 0 radical (unpaired) electrons. The van der Waals surface area contributed by atoms with E-state index in [4.69, 9.17) is 17.7 Å². The van der Waals surface area contributed by atoms with Gasteiger partial charge in [-0.2, -0.15) is 14.0 Å². The smallest absolute Gasteiger partial charge is 0.387 e. The number of alkyl halides is 2. The molecule has 0 aliphatic heterocycles. The minimum atomic E-state index is -3.20. The van der Waals surface area contributed by atoms with Crippen molar-refractivity contribution in [1.29, 1.82) is 5.26 Å². The maximum Gasteiger partial charge on any atom is 0.387 e. The predicted molar refractivity (Wildman–Crippen MR) is 114 cm³/mol. The van der Waals surface area contributed by atoms with Crippen molar-refractivity contribution >= 4 is 11.4 Å². The number of rotatable bonds is 8. The molecule has 0 amide bonds. The van der Waals surface area contributed by atoms with Gasteiger partial charge in [0.05, 0.1) is 30.5 Å². The second-order valence-corrected chi connectivity index (χ2v) is 7.65. The maximum absolute atomic E-state index is 13.3. The van der Waals surface area contributed by atoms with E-state index < -0.39 is 25.7 Å². The number of halogens is 2. The lowest BCUT2D eigenvalue weighted by molar-refractivity contribution is -0.0502. The van der Waals surface area contributed by atoms with Gasteiger partial charge in [0, 0.05) is 26.4 Å². The highest BCUT2D eigenvalue weighted by atomic mass is 19.3. The summed E-state index contributed by atoms with van der Waals surface area (Å²) >= 11 is 0. The molecule has 1 aliphatic rings. The van der Waals surface area contributed by atoms with Gasteiger partial charge in [-0.25, -0.2) is 4.98 Å². The largest absolute Gasteiger partial charge is 0.496 e. The molecule has 1 aliphatic carbocycles. The molecule has 0 saturated heterocycles. The first kappa shape index (κ1) is 15.4. The van der Waals surface area contributed by atoms with E-state index >= 15 is 0 Å². The molecule has 0 bridgehead atoms. The molecule has 6 nitrogen and oxygen atoms in total. The van der Waals surface area contributed by atoms with Gasteiger partial charge < -0.3 is 9.47 Å². The van der Waals surface area contributed by atoms with Crippen LogP contribution in [-0.4, -0.2) is 28.9 Å². The van der Waals surface area contributed by atoms with E-state index in [2.05, 4.69) is 4.98 Å². The number of hydrogen-bond acceptors (Lipinski definition) is 5. The number of imidazole rings is 1. The van der Waals surface area contributed by atoms with Crippen LogP contribution in [-0.2, 0) is 5.41 Å². The van der Waals surface area contributed by atoms with Crippen LogP contribution in [0.2, 0.25) is 0 Å². The van der Waals surface area contributed by atoms with Gasteiger partial charge in [0.15, 0.2) is 5.78 Å². The van der Waals surface area contributed by atoms with E-state index in [9.17, 15) is 18.8 Å². The number of ketones is 1. The number of Topliss-reactive ketones (excluding diaryl/α,β-unsaturated/α-hetero) is 1. The number of carbonyl (C=O) groups is 1. The number of ether oxygens (including phenoxy) is 2. The van der Waals surface area contributed by atoms with Gasteiger partial charge in [0.1, 0.15) is 22.7 Å². The maximum atomic E-state index is 13.3. The Morgan fingerprint density at radius 2 is 2.12 bits per heavy atom. The van der Waals surface area contributed by atoms with Gasteiger partial charge in [-0.05, 0) is 62.3 Å². The summed E-state index contributed by atoms with van der Waals surface area (Å²) in [7, 11) is 1.30. The molecule has 0 unspecified atom stereocenters. The van der Waals surface area contributed by atoms with E-state index in [0.717, 1.165) is 12.8 Å². The van der Waals surface area contributed by atoms with Crippen molar-refractivity contribution in [1.82, 2.24) is 9.38 Å². The minimum Gasteiger partial charge on any atom is -0.496 e.